The van der Waals surface area contributed by atoms with E-state index in [1.165, 1.54) is 0 Å². The third-order valence-electron chi connectivity index (χ3n) is 5.24. The Bertz CT molecular complexity index is 1150. The molecule has 8 heteroatoms. The summed E-state index contributed by atoms with van der Waals surface area (Å²) in [5.41, 5.74) is 11.5. The second kappa shape index (κ2) is 13.1. The van der Waals surface area contributed by atoms with E-state index >= 15 is 0 Å². The maximum Gasteiger partial charge on any atom is 0.107 e. The number of pyridine rings is 2. The van der Waals surface area contributed by atoms with Crippen LogP contribution in [0.1, 0.15) is 64.4 Å². The summed E-state index contributed by atoms with van der Waals surface area (Å²) in [4.78, 5) is 9.19. The van der Waals surface area contributed by atoms with Crippen molar-refractivity contribution in [1.82, 2.24) is 19.9 Å². The Hall–Kier alpha value is -3.70. The Morgan fingerprint density at radius 3 is 2.62 bits per heavy atom. The number of nitrogens with two attached hydrogens (primary N) is 1. The Labute approximate surface area is 202 Å². The monoisotopic (exact) mass is 460 g/mol. The largest absolute Gasteiger partial charge is 0.404 e. The van der Waals surface area contributed by atoms with Crippen LogP contribution in [-0.4, -0.2) is 39.4 Å². The SMILES string of the molecule is CC.CC.CC(=NC1CNC1)/C(=C\N)c1cc(NC(C)c2ccccn2)c2c(C#N)cnn2c1. The third kappa shape index (κ3) is 6.00. The molecular weight excluding hydrogens is 424 g/mol. The predicted molar refractivity (Wildman–Crippen MR) is 141 cm³/mol. The lowest BCUT2D eigenvalue weighted by Crippen LogP contribution is -2.45. The first kappa shape index (κ1) is 26.6. The number of nitrogens with zero attached hydrogens (tertiary/aromatic N) is 5. The van der Waals surface area contributed by atoms with Crippen molar-refractivity contribution in [3.63, 3.8) is 0 Å². The van der Waals surface area contributed by atoms with E-state index in [4.69, 9.17) is 10.7 Å². The molecule has 0 spiro atoms. The highest BCUT2D eigenvalue weighted by molar-refractivity contribution is 6.22. The number of aliphatic imine (C=N–C) groups is 1. The summed E-state index contributed by atoms with van der Waals surface area (Å²) >= 11 is 0. The number of nitrogens with one attached hydrogen (secondary N) is 2. The summed E-state index contributed by atoms with van der Waals surface area (Å²) in [6.45, 7) is 13.8. The number of hydrogen-bond acceptors (Lipinski definition) is 7. The fraction of sp³-hybridized carbons (Fsp3) is 0.385. The van der Waals surface area contributed by atoms with Crippen molar-refractivity contribution in [2.24, 2.45) is 10.7 Å². The van der Waals surface area contributed by atoms with Crippen molar-refractivity contribution in [2.45, 2.75) is 53.6 Å². The minimum absolute atomic E-state index is 0.0622. The first-order valence-corrected chi connectivity index (χ1v) is 11.9. The van der Waals surface area contributed by atoms with Crippen LogP contribution in [0.5, 0.6) is 0 Å². The molecule has 1 aliphatic heterocycles. The van der Waals surface area contributed by atoms with Crippen molar-refractivity contribution in [3.05, 3.63) is 65.9 Å². The van der Waals surface area contributed by atoms with Crippen molar-refractivity contribution in [2.75, 3.05) is 18.4 Å². The van der Waals surface area contributed by atoms with Crippen LogP contribution in [0.2, 0.25) is 0 Å². The van der Waals surface area contributed by atoms with Gasteiger partial charge in [0.15, 0.2) is 0 Å². The van der Waals surface area contributed by atoms with Gasteiger partial charge in [-0.2, -0.15) is 10.4 Å². The van der Waals surface area contributed by atoms with Crippen LogP contribution in [-0.2, 0) is 0 Å². The number of allylic oxidation sites excluding steroid dienone is 1. The minimum atomic E-state index is -0.0622. The van der Waals surface area contributed by atoms with E-state index in [9.17, 15) is 5.26 Å². The zero-order chi connectivity index (χ0) is 25.1. The molecule has 1 aliphatic rings. The Kier molecular flexibility index (Phi) is 10.2. The van der Waals surface area contributed by atoms with Gasteiger partial charge in [-0.1, -0.05) is 33.8 Å². The molecular formula is C26H36N8. The Balaban J connectivity index is 0.000000970. The maximum absolute atomic E-state index is 9.55. The summed E-state index contributed by atoms with van der Waals surface area (Å²) in [7, 11) is 0. The minimum Gasteiger partial charge on any atom is -0.404 e. The zero-order valence-electron chi connectivity index (χ0n) is 21.0. The van der Waals surface area contributed by atoms with Gasteiger partial charge >= 0.3 is 0 Å². The highest BCUT2D eigenvalue weighted by atomic mass is 15.2. The van der Waals surface area contributed by atoms with Crippen LogP contribution in [0, 0.1) is 11.3 Å². The smallest absolute Gasteiger partial charge is 0.107 e. The van der Waals surface area contributed by atoms with Gasteiger partial charge < -0.3 is 16.4 Å². The van der Waals surface area contributed by atoms with E-state index in [2.05, 4.69) is 26.8 Å². The molecule has 1 unspecified atom stereocenters. The van der Waals surface area contributed by atoms with Gasteiger partial charge in [0.2, 0.25) is 0 Å². The van der Waals surface area contributed by atoms with E-state index in [0.717, 1.165) is 46.8 Å². The molecule has 4 N–H and O–H groups in total. The average molecular weight is 461 g/mol. The molecule has 0 radical (unpaired) electrons. The first-order chi connectivity index (χ1) is 16.6. The molecule has 1 fully saturated rings. The topological polar surface area (TPSA) is 116 Å². The Morgan fingerprint density at radius 2 is 2.06 bits per heavy atom. The van der Waals surface area contributed by atoms with Crippen LogP contribution in [0.25, 0.3) is 11.1 Å². The zero-order valence-corrected chi connectivity index (χ0v) is 21.0. The predicted octanol–water partition coefficient (Wildman–Crippen LogP) is 4.56. The van der Waals surface area contributed by atoms with Crippen molar-refractivity contribution in [1.29, 1.82) is 5.26 Å². The molecule has 34 heavy (non-hydrogen) atoms. The average Bonchev–Trinajstić information content (AvgIpc) is 3.28. The van der Waals surface area contributed by atoms with E-state index in [1.54, 1.807) is 23.1 Å². The van der Waals surface area contributed by atoms with Gasteiger partial charge in [-0.05, 0) is 32.0 Å². The van der Waals surface area contributed by atoms with Gasteiger partial charge in [-0.15, -0.1) is 0 Å². The van der Waals surface area contributed by atoms with Gasteiger partial charge in [0.05, 0.1) is 35.2 Å². The van der Waals surface area contributed by atoms with E-state index < -0.39 is 0 Å². The van der Waals surface area contributed by atoms with Gasteiger partial charge in [-0.25, -0.2) is 4.52 Å². The van der Waals surface area contributed by atoms with E-state index in [1.807, 2.05) is 72.0 Å². The summed E-state index contributed by atoms with van der Waals surface area (Å²) < 4.78 is 1.71. The molecule has 4 heterocycles. The quantitative estimate of drug-likeness (QED) is 0.464. The van der Waals surface area contributed by atoms with E-state index in [-0.39, 0.29) is 12.1 Å². The van der Waals surface area contributed by atoms with E-state index in [0.29, 0.717) is 5.56 Å². The fourth-order valence-corrected chi connectivity index (χ4v) is 3.53. The number of hydrogen-bond donors (Lipinski definition) is 3. The number of aromatic nitrogens is 3. The highest BCUT2D eigenvalue weighted by Gasteiger charge is 2.19. The van der Waals surface area contributed by atoms with Crippen LogP contribution in [0.15, 0.2) is 54.0 Å². The number of fused-ring (bicyclic) bond motifs is 1. The molecule has 8 nitrogen and oxygen atoms in total. The molecule has 4 rings (SSSR count). The molecule has 180 valence electrons. The molecule has 3 aromatic rings. The molecule has 1 atom stereocenters. The summed E-state index contributed by atoms with van der Waals surface area (Å²) in [6.07, 6.45) is 6.79. The van der Waals surface area contributed by atoms with Crippen LogP contribution in [0.4, 0.5) is 5.69 Å². The van der Waals surface area contributed by atoms with Crippen LogP contribution in [0.3, 0.4) is 0 Å². The van der Waals surface area contributed by atoms with Gasteiger partial charge in [0.1, 0.15) is 11.6 Å². The molecule has 3 aromatic heterocycles. The lowest BCUT2D eigenvalue weighted by Gasteiger charge is -2.24. The lowest BCUT2D eigenvalue weighted by molar-refractivity contribution is 0.448. The molecule has 1 saturated heterocycles. The van der Waals surface area contributed by atoms with Crippen LogP contribution < -0.4 is 16.4 Å². The molecule has 0 aliphatic carbocycles. The fourth-order valence-electron chi connectivity index (χ4n) is 3.53. The molecule has 0 bridgehead atoms. The number of nitriles is 1. The molecule has 0 amide bonds. The van der Waals surface area contributed by atoms with Crippen LogP contribution >= 0.6 is 0 Å². The summed E-state index contributed by atoms with van der Waals surface area (Å²) in [6, 6.07) is 10.2. The molecule has 0 aromatic carbocycles. The number of anilines is 1. The maximum atomic E-state index is 9.55. The standard InChI is InChI=1S/C22H24N8.2C2H6/c1-14(28-18-11-25-12-18)19(9-24)16-7-21(22-17(8-23)10-27-30(22)13-16)29-15(2)20-5-3-4-6-26-20;2*1-2/h3-7,9-10,13,15,18,25,29H,11-12,24H2,1-2H3;2*1-2H3/b19-9+,28-14?;;. The van der Waals surface area contributed by atoms with Crippen molar-refractivity contribution in [3.8, 4) is 6.07 Å². The molecule has 0 saturated carbocycles. The van der Waals surface area contributed by atoms with Gasteiger partial charge in [0, 0.05) is 48.5 Å². The highest BCUT2D eigenvalue weighted by Crippen LogP contribution is 2.29. The summed E-state index contributed by atoms with van der Waals surface area (Å²) in [5.74, 6) is 0. The van der Waals surface area contributed by atoms with Crippen molar-refractivity contribution < 1.29 is 0 Å². The van der Waals surface area contributed by atoms with Gasteiger partial charge in [0.25, 0.3) is 0 Å². The normalized spacial score (nSPS) is 14.6. The second-order valence-electron chi connectivity index (χ2n) is 7.33. The lowest BCUT2D eigenvalue weighted by atomic mass is 10.0. The number of rotatable bonds is 6. The van der Waals surface area contributed by atoms with Gasteiger partial charge in [-0.3, -0.25) is 9.98 Å². The Morgan fingerprint density at radius 1 is 1.32 bits per heavy atom. The third-order valence-corrected chi connectivity index (χ3v) is 5.24. The van der Waals surface area contributed by atoms with Crippen molar-refractivity contribution >= 4 is 22.5 Å². The first-order valence-electron chi connectivity index (χ1n) is 11.9. The second-order valence-corrected chi connectivity index (χ2v) is 7.33. The summed E-state index contributed by atoms with van der Waals surface area (Å²) in [5, 5.41) is 20.6.